The molecule has 1 unspecified atom stereocenters. The van der Waals surface area contributed by atoms with Crippen molar-refractivity contribution in [2.24, 2.45) is 7.05 Å². The van der Waals surface area contributed by atoms with E-state index >= 15 is 0 Å². The van der Waals surface area contributed by atoms with Gasteiger partial charge < -0.3 is 9.88 Å². The van der Waals surface area contributed by atoms with Crippen molar-refractivity contribution in [3.63, 3.8) is 0 Å². The number of nitrogens with zero attached hydrogens (tertiary/aromatic N) is 1. The van der Waals surface area contributed by atoms with Crippen LogP contribution in [0.1, 0.15) is 30.0 Å². The van der Waals surface area contributed by atoms with E-state index in [2.05, 4.69) is 16.8 Å². The van der Waals surface area contributed by atoms with Crippen molar-refractivity contribution >= 4 is 10.9 Å². The van der Waals surface area contributed by atoms with Crippen molar-refractivity contribution in [3.05, 3.63) is 35.3 Å². The highest BCUT2D eigenvalue weighted by Crippen LogP contribution is 2.33. The Kier molecular flexibility index (Phi) is 2.86. The molecule has 1 aliphatic heterocycles. The molecule has 3 rings (SSSR count). The van der Waals surface area contributed by atoms with Crippen LogP contribution in [0.3, 0.4) is 0 Å². The number of hydrogen-bond acceptors (Lipinski definition) is 1. The van der Waals surface area contributed by atoms with Crippen molar-refractivity contribution in [1.29, 1.82) is 0 Å². The monoisotopic (exact) mass is 246 g/mol. The van der Waals surface area contributed by atoms with E-state index in [4.69, 9.17) is 0 Å². The van der Waals surface area contributed by atoms with E-state index in [1.165, 1.54) is 24.1 Å². The Morgan fingerprint density at radius 2 is 2.22 bits per heavy atom. The maximum absolute atomic E-state index is 14.0. The molecule has 1 aromatic carbocycles. The minimum Gasteiger partial charge on any atom is -0.345 e. The lowest BCUT2D eigenvalue weighted by atomic mass is 9.93. The summed E-state index contributed by atoms with van der Waals surface area (Å²) in [6, 6.07) is 5.37. The predicted molar refractivity (Wildman–Crippen MR) is 72.5 cm³/mol. The molecule has 3 heteroatoms. The van der Waals surface area contributed by atoms with Gasteiger partial charge in [0.15, 0.2) is 0 Å². The van der Waals surface area contributed by atoms with Crippen LogP contribution in [0.25, 0.3) is 10.9 Å². The number of hydrogen-bond donors (Lipinski definition) is 1. The molecular formula is C15H19FN2. The van der Waals surface area contributed by atoms with Gasteiger partial charge in [0.05, 0.1) is 5.52 Å². The Bertz CT molecular complexity index is 580. The Morgan fingerprint density at radius 3 is 2.89 bits per heavy atom. The molecule has 0 spiro atoms. The number of fused-ring (bicyclic) bond motifs is 1. The van der Waals surface area contributed by atoms with E-state index in [-0.39, 0.29) is 5.82 Å². The summed E-state index contributed by atoms with van der Waals surface area (Å²) in [5, 5.41) is 4.49. The SMILES string of the molecule is Cc1c(C2CCCNC2)n(C)c2c(F)cccc12. The number of aryl methyl sites for hydroxylation is 2. The molecule has 2 heterocycles. The first-order chi connectivity index (χ1) is 8.70. The zero-order chi connectivity index (χ0) is 12.7. The second-order valence-corrected chi connectivity index (χ2v) is 5.25. The summed E-state index contributed by atoms with van der Waals surface area (Å²) < 4.78 is 16.0. The lowest BCUT2D eigenvalue weighted by molar-refractivity contribution is 0.446. The number of nitrogens with one attached hydrogen (secondary N) is 1. The summed E-state index contributed by atoms with van der Waals surface area (Å²) in [4.78, 5) is 0. The summed E-state index contributed by atoms with van der Waals surface area (Å²) in [5.74, 6) is 0.392. The van der Waals surface area contributed by atoms with Gasteiger partial charge in [0, 0.05) is 30.6 Å². The normalized spacial score (nSPS) is 20.5. The Hall–Kier alpha value is -1.35. The first kappa shape index (κ1) is 11.7. The number of halogens is 1. The molecule has 18 heavy (non-hydrogen) atoms. The van der Waals surface area contributed by atoms with Crippen molar-refractivity contribution in [2.75, 3.05) is 13.1 Å². The van der Waals surface area contributed by atoms with Gasteiger partial charge in [-0.3, -0.25) is 0 Å². The van der Waals surface area contributed by atoms with Gasteiger partial charge >= 0.3 is 0 Å². The summed E-state index contributed by atoms with van der Waals surface area (Å²) in [7, 11) is 1.99. The Labute approximate surface area is 107 Å². The lowest BCUT2D eigenvalue weighted by Gasteiger charge is -2.24. The fraction of sp³-hybridized carbons (Fsp3) is 0.467. The van der Waals surface area contributed by atoms with Crippen LogP contribution in [0.15, 0.2) is 18.2 Å². The standard InChI is InChI=1S/C15H19FN2/c1-10-12-6-3-7-13(16)15(12)18(2)14(10)11-5-4-8-17-9-11/h3,6-7,11,17H,4-5,8-9H2,1-2H3. The van der Waals surface area contributed by atoms with E-state index in [9.17, 15) is 4.39 Å². The summed E-state index contributed by atoms with van der Waals surface area (Å²) in [5.41, 5.74) is 3.28. The van der Waals surface area contributed by atoms with Crippen molar-refractivity contribution in [3.8, 4) is 0 Å². The first-order valence-electron chi connectivity index (χ1n) is 6.64. The molecule has 0 aliphatic carbocycles. The number of aromatic nitrogens is 1. The van der Waals surface area contributed by atoms with Gasteiger partial charge in [-0.15, -0.1) is 0 Å². The minimum absolute atomic E-state index is 0.117. The first-order valence-corrected chi connectivity index (χ1v) is 6.64. The van der Waals surface area contributed by atoms with E-state index in [0.717, 1.165) is 24.0 Å². The van der Waals surface area contributed by atoms with Gasteiger partial charge in [-0.05, 0) is 37.9 Å². The molecule has 2 nitrogen and oxygen atoms in total. The van der Waals surface area contributed by atoms with Gasteiger partial charge in [0.2, 0.25) is 0 Å². The maximum atomic E-state index is 14.0. The van der Waals surface area contributed by atoms with Crippen LogP contribution in [0.4, 0.5) is 4.39 Å². The molecule has 0 bridgehead atoms. The molecule has 1 N–H and O–H groups in total. The molecular weight excluding hydrogens is 227 g/mol. The van der Waals surface area contributed by atoms with Crippen molar-refractivity contribution in [1.82, 2.24) is 9.88 Å². The van der Waals surface area contributed by atoms with Gasteiger partial charge in [-0.1, -0.05) is 12.1 Å². The van der Waals surface area contributed by atoms with Crippen LogP contribution >= 0.6 is 0 Å². The molecule has 0 saturated carbocycles. The number of piperidine rings is 1. The maximum Gasteiger partial charge on any atom is 0.147 e. The molecule has 1 fully saturated rings. The highest BCUT2D eigenvalue weighted by Gasteiger charge is 2.23. The van der Waals surface area contributed by atoms with Gasteiger partial charge in [-0.2, -0.15) is 0 Å². The van der Waals surface area contributed by atoms with E-state index in [0.29, 0.717) is 5.92 Å². The zero-order valence-corrected chi connectivity index (χ0v) is 11.0. The van der Waals surface area contributed by atoms with Crippen LogP contribution in [-0.4, -0.2) is 17.7 Å². The van der Waals surface area contributed by atoms with E-state index in [1.807, 2.05) is 13.1 Å². The molecule has 0 radical (unpaired) electrons. The molecule has 1 aromatic heterocycles. The smallest absolute Gasteiger partial charge is 0.147 e. The van der Waals surface area contributed by atoms with Gasteiger partial charge in [0.25, 0.3) is 0 Å². The average Bonchev–Trinajstić information content (AvgIpc) is 2.64. The van der Waals surface area contributed by atoms with Gasteiger partial charge in [-0.25, -0.2) is 4.39 Å². The largest absolute Gasteiger partial charge is 0.345 e. The average molecular weight is 246 g/mol. The third-order valence-corrected chi connectivity index (χ3v) is 4.16. The van der Waals surface area contributed by atoms with E-state index in [1.54, 1.807) is 12.1 Å². The topological polar surface area (TPSA) is 17.0 Å². The fourth-order valence-corrected chi connectivity index (χ4v) is 3.33. The summed E-state index contributed by atoms with van der Waals surface area (Å²) in [6.45, 7) is 4.23. The molecule has 1 atom stereocenters. The highest BCUT2D eigenvalue weighted by molar-refractivity contribution is 5.86. The quantitative estimate of drug-likeness (QED) is 0.818. The zero-order valence-electron chi connectivity index (χ0n) is 11.0. The number of rotatable bonds is 1. The third kappa shape index (κ3) is 1.65. The summed E-state index contributed by atoms with van der Waals surface area (Å²) >= 11 is 0. The lowest BCUT2D eigenvalue weighted by Crippen LogP contribution is -2.29. The van der Waals surface area contributed by atoms with Crippen LogP contribution < -0.4 is 5.32 Å². The number of benzene rings is 1. The number of para-hydroxylation sites is 1. The van der Waals surface area contributed by atoms with E-state index < -0.39 is 0 Å². The van der Waals surface area contributed by atoms with Crippen molar-refractivity contribution < 1.29 is 4.39 Å². The van der Waals surface area contributed by atoms with Crippen LogP contribution in [0.2, 0.25) is 0 Å². The van der Waals surface area contributed by atoms with Crippen LogP contribution in [0, 0.1) is 12.7 Å². The Morgan fingerprint density at radius 1 is 1.39 bits per heavy atom. The van der Waals surface area contributed by atoms with Crippen LogP contribution in [0.5, 0.6) is 0 Å². The highest BCUT2D eigenvalue weighted by atomic mass is 19.1. The molecule has 2 aromatic rings. The van der Waals surface area contributed by atoms with Crippen molar-refractivity contribution in [2.45, 2.75) is 25.7 Å². The molecule has 1 saturated heterocycles. The Balaban J connectivity index is 2.20. The predicted octanol–water partition coefficient (Wildman–Crippen LogP) is 3.09. The van der Waals surface area contributed by atoms with Gasteiger partial charge in [0.1, 0.15) is 5.82 Å². The molecule has 1 aliphatic rings. The third-order valence-electron chi connectivity index (χ3n) is 4.16. The van der Waals surface area contributed by atoms with Crippen LogP contribution in [-0.2, 0) is 7.05 Å². The summed E-state index contributed by atoms with van der Waals surface area (Å²) in [6.07, 6.45) is 2.40. The second kappa shape index (κ2) is 4.39. The molecule has 0 amide bonds. The fourth-order valence-electron chi connectivity index (χ4n) is 3.33. The molecule has 96 valence electrons. The minimum atomic E-state index is -0.117. The second-order valence-electron chi connectivity index (χ2n) is 5.25.